The van der Waals surface area contributed by atoms with Gasteiger partial charge in [-0.15, -0.1) is 12.4 Å². The lowest BCUT2D eigenvalue weighted by atomic mass is 9.68. The van der Waals surface area contributed by atoms with Gasteiger partial charge in [-0.2, -0.15) is 0 Å². The van der Waals surface area contributed by atoms with E-state index in [2.05, 4.69) is 29.0 Å². The number of hydrogen-bond donors (Lipinski definition) is 1. The summed E-state index contributed by atoms with van der Waals surface area (Å²) in [6.45, 7) is 6.86. The van der Waals surface area contributed by atoms with Crippen molar-refractivity contribution in [2.45, 2.75) is 39.2 Å². The number of aromatic nitrogens is 1. The molecule has 1 aliphatic carbocycles. The Labute approximate surface area is 156 Å². The monoisotopic (exact) mass is 367 g/mol. The molecule has 1 aliphatic heterocycles. The molecule has 25 heavy (non-hydrogen) atoms. The van der Waals surface area contributed by atoms with Crippen LogP contribution >= 0.6 is 12.4 Å². The van der Waals surface area contributed by atoms with Gasteiger partial charge in [-0.1, -0.05) is 20.3 Å². The molecule has 0 bridgehead atoms. The number of amides is 1. The van der Waals surface area contributed by atoms with Gasteiger partial charge in [0.05, 0.1) is 18.1 Å². The maximum atomic E-state index is 12.9. The van der Waals surface area contributed by atoms with Crippen molar-refractivity contribution < 1.29 is 9.53 Å². The van der Waals surface area contributed by atoms with Crippen LogP contribution in [0.15, 0.2) is 24.5 Å². The molecule has 0 aromatic carbocycles. The molecule has 6 heteroatoms. The topological polar surface area (TPSA) is 54.5 Å². The van der Waals surface area contributed by atoms with E-state index in [0.29, 0.717) is 18.4 Å². The Morgan fingerprint density at radius 3 is 2.56 bits per heavy atom. The molecule has 0 radical (unpaired) electrons. The molecule has 1 saturated carbocycles. The second-order valence-corrected chi connectivity index (χ2v) is 7.67. The number of hydrogen-bond acceptors (Lipinski definition) is 4. The molecule has 3 rings (SSSR count). The summed E-state index contributed by atoms with van der Waals surface area (Å²) < 4.78 is 5.32. The average Bonchev–Trinajstić information content (AvgIpc) is 2.95. The van der Waals surface area contributed by atoms with E-state index in [0.717, 1.165) is 32.4 Å². The maximum absolute atomic E-state index is 12.9. The lowest BCUT2D eigenvalue weighted by Gasteiger charge is -2.40. The van der Waals surface area contributed by atoms with Crippen LogP contribution in [-0.2, 0) is 9.53 Å². The second kappa shape index (κ2) is 8.37. The predicted molar refractivity (Wildman–Crippen MR) is 102 cm³/mol. The second-order valence-electron chi connectivity index (χ2n) is 7.67. The SMILES string of the molecule is COCC1(C(=O)N[C@H]2CN(c3ccncc3)C[C@@H]2C(C)C)CCC1.Cl. The summed E-state index contributed by atoms with van der Waals surface area (Å²) in [5.74, 6) is 1.17. The van der Waals surface area contributed by atoms with Crippen molar-refractivity contribution in [2.24, 2.45) is 17.3 Å². The third-order valence-corrected chi connectivity index (χ3v) is 5.78. The summed E-state index contributed by atoms with van der Waals surface area (Å²) in [6.07, 6.45) is 6.67. The Balaban J connectivity index is 0.00000225. The first-order chi connectivity index (χ1) is 11.6. The van der Waals surface area contributed by atoms with Crippen molar-refractivity contribution in [3.63, 3.8) is 0 Å². The van der Waals surface area contributed by atoms with Gasteiger partial charge < -0.3 is 15.0 Å². The minimum atomic E-state index is -0.291. The van der Waals surface area contributed by atoms with E-state index in [4.69, 9.17) is 4.74 Å². The van der Waals surface area contributed by atoms with Crippen molar-refractivity contribution in [1.29, 1.82) is 0 Å². The fraction of sp³-hybridized carbons (Fsp3) is 0.684. The van der Waals surface area contributed by atoms with Gasteiger partial charge in [-0.05, 0) is 30.9 Å². The van der Waals surface area contributed by atoms with Crippen molar-refractivity contribution in [1.82, 2.24) is 10.3 Å². The summed E-state index contributed by atoms with van der Waals surface area (Å²) in [5.41, 5.74) is 0.892. The fourth-order valence-electron chi connectivity index (χ4n) is 4.06. The van der Waals surface area contributed by atoms with E-state index in [-0.39, 0.29) is 29.8 Å². The minimum Gasteiger partial charge on any atom is -0.384 e. The summed E-state index contributed by atoms with van der Waals surface area (Å²) in [6, 6.07) is 4.28. The van der Waals surface area contributed by atoms with E-state index in [1.54, 1.807) is 7.11 Å². The maximum Gasteiger partial charge on any atom is 0.228 e. The molecular formula is C19H30ClN3O2. The summed E-state index contributed by atoms with van der Waals surface area (Å²) in [7, 11) is 1.69. The molecule has 1 aromatic rings. The van der Waals surface area contributed by atoms with Crippen molar-refractivity contribution in [2.75, 3.05) is 31.7 Å². The first kappa shape index (κ1) is 20.0. The van der Waals surface area contributed by atoms with Crippen LogP contribution in [0.5, 0.6) is 0 Å². The number of carbonyl (C=O) groups excluding carboxylic acids is 1. The summed E-state index contributed by atoms with van der Waals surface area (Å²) in [5, 5.41) is 3.36. The molecule has 2 atom stereocenters. The zero-order valence-corrected chi connectivity index (χ0v) is 16.2. The average molecular weight is 368 g/mol. The van der Waals surface area contributed by atoms with Gasteiger partial charge in [0.15, 0.2) is 0 Å². The molecule has 0 unspecified atom stereocenters. The van der Waals surface area contributed by atoms with Crippen molar-refractivity contribution in [3.8, 4) is 0 Å². The highest BCUT2D eigenvalue weighted by molar-refractivity contribution is 5.85. The van der Waals surface area contributed by atoms with Gasteiger partial charge in [0, 0.05) is 44.2 Å². The van der Waals surface area contributed by atoms with E-state index >= 15 is 0 Å². The van der Waals surface area contributed by atoms with Gasteiger partial charge in [-0.3, -0.25) is 9.78 Å². The van der Waals surface area contributed by atoms with Gasteiger partial charge in [0.2, 0.25) is 5.91 Å². The highest BCUT2D eigenvalue weighted by Gasteiger charge is 2.46. The van der Waals surface area contributed by atoms with Crippen LogP contribution in [0.3, 0.4) is 0 Å². The highest BCUT2D eigenvalue weighted by Crippen LogP contribution is 2.42. The fourth-order valence-corrected chi connectivity index (χ4v) is 4.06. The Morgan fingerprint density at radius 2 is 2.04 bits per heavy atom. The Hall–Kier alpha value is -1.33. The van der Waals surface area contributed by atoms with Crippen LogP contribution < -0.4 is 10.2 Å². The number of ether oxygens (including phenoxy) is 1. The molecule has 140 valence electrons. The largest absolute Gasteiger partial charge is 0.384 e. The van der Waals surface area contributed by atoms with Crippen LogP contribution in [-0.4, -0.2) is 43.7 Å². The van der Waals surface area contributed by atoms with E-state index in [9.17, 15) is 4.79 Å². The number of carbonyl (C=O) groups is 1. The Kier molecular flexibility index (Phi) is 6.69. The standard InChI is InChI=1S/C19H29N3O2.ClH/c1-14(2)16-11-22(15-5-9-20-10-6-15)12-17(16)21-18(23)19(13-24-3)7-4-8-19;/h5-6,9-10,14,16-17H,4,7-8,11-13H2,1-3H3,(H,21,23);1H/t16-,17+;/m1./s1. The Morgan fingerprint density at radius 1 is 1.36 bits per heavy atom. The highest BCUT2D eigenvalue weighted by atomic mass is 35.5. The third kappa shape index (κ3) is 4.09. The molecular weight excluding hydrogens is 338 g/mol. The van der Waals surface area contributed by atoms with Gasteiger partial charge in [0.25, 0.3) is 0 Å². The lowest BCUT2D eigenvalue weighted by Crippen LogP contribution is -2.53. The first-order valence-electron chi connectivity index (χ1n) is 9.00. The number of anilines is 1. The molecule has 1 saturated heterocycles. The number of nitrogens with zero attached hydrogens (tertiary/aromatic N) is 2. The number of rotatable bonds is 6. The third-order valence-electron chi connectivity index (χ3n) is 5.78. The molecule has 2 heterocycles. The number of methoxy groups -OCH3 is 1. The van der Waals surface area contributed by atoms with Crippen LogP contribution in [0, 0.1) is 17.3 Å². The molecule has 0 spiro atoms. The normalized spacial score (nSPS) is 24.6. The van der Waals surface area contributed by atoms with Crippen LogP contribution in [0.25, 0.3) is 0 Å². The zero-order valence-electron chi connectivity index (χ0n) is 15.4. The van der Waals surface area contributed by atoms with Gasteiger partial charge >= 0.3 is 0 Å². The van der Waals surface area contributed by atoms with Gasteiger partial charge in [0.1, 0.15) is 0 Å². The molecule has 2 aliphatic rings. The zero-order chi connectivity index (χ0) is 17.2. The minimum absolute atomic E-state index is 0. The quantitative estimate of drug-likeness (QED) is 0.840. The van der Waals surface area contributed by atoms with Crippen LogP contribution in [0.4, 0.5) is 5.69 Å². The lowest BCUT2D eigenvalue weighted by molar-refractivity contribution is -0.141. The van der Waals surface area contributed by atoms with Crippen LogP contribution in [0.1, 0.15) is 33.1 Å². The van der Waals surface area contributed by atoms with E-state index in [1.165, 1.54) is 5.69 Å². The summed E-state index contributed by atoms with van der Waals surface area (Å²) in [4.78, 5) is 19.3. The number of pyridine rings is 1. The first-order valence-corrected chi connectivity index (χ1v) is 9.00. The predicted octanol–water partition coefficient (Wildman–Crippen LogP) is 2.90. The molecule has 5 nitrogen and oxygen atoms in total. The number of halogens is 1. The smallest absolute Gasteiger partial charge is 0.228 e. The number of nitrogens with one attached hydrogen (secondary N) is 1. The molecule has 1 amide bonds. The van der Waals surface area contributed by atoms with Crippen molar-refractivity contribution in [3.05, 3.63) is 24.5 Å². The van der Waals surface area contributed by atoms with E-state index < -0.39 is 0 Å². The molecule has 1 aromatic heterocycles. The molecule has 1 N–H and O–H groups in total. The summed E-state index contributed by atoms with van der Waals surface area (Å²) >= 11 is 0. The van der Waals surface area contributed by atoms with Gasteiger partial charge in [-0.25, -0.2) is 0 Å². The van der Waals surface area contributed by atoms with Crippen molar-refractivity contribution >= 4 is 24.0 Å². The Bertz CT molecular complexity index is 563. The van der Waals surface area contributed by atoms with Crippen LogP contribution in [0.2, 0.25) is 0 Å². The molecule has 2 fully saturated rings. The van der Waals surface area contributed by atoms with E-state index in [1.807, 2.05) is 24.5 Å².